The van der Waals surface area contributed by atoms with Gasteiger partial charge in [0.1, 0.15) is 11.3 Å². The average Bonchev–Trinajstić information content (AvgIpc) is 3.04. The number of furan rings is 1. The molecule has 0 unspecified atom stereocenters. The number of benzene rings is 2. The number of carboxylic acid groups (broad SMARTS) is 1. The van der Waals surface area contributed by atoms with Crippen molar-refractivity contribution < 1.29 is 23.8 Å². The topological polar surface area (TPSA) is 101 Å². The highest BCUT2D eigenvalue weighted by Crippen LogP contribution is 2.23. The lowest BCUT2D eigenvalue weighted by Crippen LogP contribution is -2.17. The van der Waals surface area contributed by atoms with E-state index in [1.807, 2.05) is 0 Å². The molecule has 0 aliphatic rings. The molecule has 0 saturated carbocycles. The Hall–Kier alpha value is -2.84. The number of carbonyl (C=O) groups is 2. The second-order valence-electron chi connectivity index (χ2n) is 5.36. The van der Waals surface area contributed by atoms with Crippen molar-refractivity contribution in [1.82, 2.24) is 5.43 Å². The van der Waals surface area contributed by atoms with Gasteiger partial charge in [-0.2, -0.15) is 5.10 Å². The van der Waals surface area contributed by atoms with Crippen LogP contribution in [0.5, 0.6) is 5.75 Å². The summed E-state index contributed by atoms with van der Waals surface area (Å²) in [6.07, 6.45) is 1.35. The van der Waals surface area contributed by atoms with Crippen molar-refractivity contribution in [1.29, 1.82) is 0 Å². The maximum absolute atomic E-state index is 12.2. The van der Waals surface area contributed by atoms with E-state index in [0.717, 1.165) is 4.47 Å². The number of aliphatic carboxylic acids is 1. The number of fused-ring (bicyclic) bond motifs is 1. The maximum atomic E-state index is 12.2. The van der Waals surface area contributed by atoms with Crippen LogP contribution in [0.15, 0.2) is 56.5 Å². The SMILES string of the molecule is O=C(O)COc1ccc(Br)cc1/C=N/NC(=O)c1cc2cc(Cl)ccc2o1. The van der Waals surface area contributed by atoms with E-state index < -0.39 is 18.5 Å². The van der Waals surface area contributed by atoms with Crippen LogP contribution in [-0.4, -0.2) is 29.8 Å². The van der Waals surface area contributed by atoms with Crippen LogP contribution in [0.1, 0.15) is 16.1 Å². The molecule has 1 heterocycles. The Morgan fingerprint density at radius 2 is 2.07 bits per heavy atom. The second-order valence-corrected chi connectivity index (χ2v) is 6.71. The molecular weight excluding hydrogens is 440 g/mol. The fraction of sp³-hybridized carbons (Fsp3) is 0.0556. The highest BCUT2D eigenvalue weighted by Gasteiger charge is 2.12. The van der Waals surface area contributed by atoms with Gasteiger partial charge < -0.3 is 14.3 Å². The Morgan fingerprint density at radius 3 is 2.85 bits per heavy atom. The summed E-state index contributed by atoms with van der Waals surface area (Å²) in [5.41, 5.74) is 3.37. The van der Waals surface area contributed by atoms with E-state index in [-0.39, 0.29) is 5.76 Å². The van der Waals surface area contributed by atoms with E-state index in [4.69, 9.17) is 25.9 Å². The number of hydrogen-bond acceptors (Lipinski definition) is 5. The first kappa shape index (κ1) is 18.9. The van der Waals surface area contributed by atoms with Crippen LogP contribution in [-0.2, 0) is 4.79 Å². The lowest BCUT2D eigenvalue weighted by atomic mass is 10.2. The van der Waals surface area contributed by atoms with Gasteiger partial charge >= 0.3 is 11.9 Å². The molecule has 0 radical (unpaired) electrons. The highest BCUT2D eigenvalue weighted by atomic mass is 79.9. The number of rotatable bonds is 6. The number of halogens is 2. The van der Waals surface area contributed by atoms with E-state index >= 15 is 0 Å². The molecule has 1 amide bonds. The lowest BCUT2D eigenvalue weighted by Gasteiger charge is -2.07. The minimum absolute atomic E-state index is 0.0843. The van der Waals surface area contributed by atoms with Crippen molar-refractivity contribution in [2.45, 2.75) is 0 Å². The Labute approximate surface area is 166 Å². The quantitative estimate of drug-likeness (QED) is 0.434. The molecule has 9 heteroatoms. The molecule has 3 rings (SSSR count). The summed E-state index contributed by atoms with van der Waals surface area (Å²) < 4.78 is 11.4. The van der Waals surface area contributed by atoms with Crippen molar-refractivity contribution in [3.63, 3.8) is 0 Å². The zero-order chi connectivity index (χ0) is 19.4. The van der Waals surface area contributed by atoms with E-state index in [1.54, 1.807) is 42.5 Å². The van der Waals surface area contributed by atoms with E-state index in [9.17, 15) is 9.59 Å². The van der Waals surface area contributed by atoms with Crippen LogP contribution in [0.4, 0.5) is 0 Å². The zero-order valence-corrected chi connectivity index (χ0v) is 16.0. The number of amides is 1. The predicted molar refractivity (Wildman–Crippen MR) is 104 cm³/mol. The molecule has 0 atom stereocenters. The Morgan fingerprint density at radius 1 is 1.26 bits per heavy atom. The van der Waals surface area contributed by atoms with Gasteiger partial charge in [0.15, 0.2) is 12.4 Å². The zero-order valence-electron chi connectivity index (χ0n) is 13.6. The van der Waals surface area contributed by atoms with Crippen molar-refractivity contribution in [2.24, 2.45) is 5.10 Å². The van der Waals surface area contributed by atoms with Gasteiger partial charge in [-0.1, -0.05) is 27.5 Å². The Bertz CT molecular complexity index is 1050. The molecule has 7 nitrogen and oxygen atoms in total. The fourth-order valence-electron chi connectivity index (χ4n) is 2.23. The van der Waals surface area contributed by atoms with Crippen molar-refractivity contribution in [2.75, 3.05) is 6.61 Å². The van der Waals surface area contributed by atoms with Gasteiger partial charge in [0.2, 0.25) is 0 Å². The Kier molecular flexibility index (Phi) is 5.78. The number of hydrazone groups is 1. The standard InChI is InChI=1S/C18H12BrClN2O5/c19-12-1-3-14(26-9-17(23)24)11(5-12)8-21-22-18(25)16-7-10-6-13(20)2-4-15(10)27-16/h1-8H,9H2,(H,22,25)(H,23,24)/b21-8+. The van der Waals surface area contributed by atoms with Gasteiger partial charge in [-0.05, 0) is 42.5 Å². The van der Waals surface area contributed by atoms with Gasteiger partial charge in [0.05, 0.1) is 6.21 Å². The molecule has 27 heavy (non-hydrogen) atoms. The average molecular weight is 452 g/mol. The third-order valence-corrected chi connectivity index (χ3v) is 4.12. The summed E-state index contributed by atoms with van der Waals surface area (Å²) in [4.78, 5) is 22.8. The molecule has 2 N–H and O–H groups in total. The van der Waals surface area contributed by atoms with E-state index in [1.165, 1.54) is 6.21 Å². The lowest BCUT2D eigenvalue weighted by molar-refractivity contribution is -0.139. The molecule has 0 fully saturated rings. The van der Waals surface area contributed by atoms with Gasteiger partial charge in [0, 0.05) is 20.4 Å². The first-order valence-electron chi connectivity index (χ1n) is 7.59. The van der Waals surface area contributed by atoms with Crippen LogP contribution in [0.25, 0.3) is 11.0 Å². The largest absolute Gasteiger partial charge is 0.481 e. The minimum Gasteiger partial charge on any atom is -0.481 e. The minimum atomic E-state index is -1.10. The van der Waals surface area contributed by atoms with Crippen LogP contribution in [0.2, 0.25) is 5.02 Å². The third kappa shape index (κ3) is 4.87. The summed E-state index contributed by atoms with van der Waals surface area (Å²) in [5, 5.41) is 13.8. The molecule has 2 aromatic carbocycles. The molecule has 0 aliphatic carbocycles. The van der Waals surface area contributed by atoms with Gasteiger partial charge in [-0.3, -0.25) is 4.79 Å². The molecule has 1 aromatic heterocycles. The predicted octanol–water partition coefficient (Wildman–Crippen LogP) is 4.08. The number of nitrogens with one attached hydrogen (secondary N) is 1. The molecule has 0 saturated heterocycles. The third-order valence-electron chi connectivity index (χ3n) is 3.39. The molecule has 0 bridgehead atoms. The summed E-state index contributed by atoms with van der Waals surface area (Å²) in [6.45, 7) is -0.490. The molecular formula is C18H12BrClN2O5. The van der Waals surface area contributed by atoms with Crippen LogP contribution >= 0.6 is 27.5 Å². The monoisotopic (exact) mass is 450 g/mol. The van der Waals surface area contributed by atoms with Gasteiger partial charge in [-0.15, -0.1) is 0 Å². The number of nitrogens with zero attached hydrogens (tertiary/aromatic N) is 1. The van der Waals surface area contributed by atoms with Crippen molar-refractivity contribution >= 4 is 56.6 Å². The van der Waals surface area contributed by atoms with Crippen LogP contribution < -0.4 is 10.2 Å². The maximum Gasteiger partial charge on any atom is 0.341 e. The molecule has 0 spiro atoms. The molecule has 3 aromatic rings. The van der Waals surface area contributed by atoms with E-state index in [2.05, 4.69) is 26.5 Å². The summed E-state index contributed by atoms with van der Waals surface area (Å²) in [7, 11) is 0. The van der Waals surface area contributed by atoms with Gasteiger partial charge in [0.25, 0.3) is 0 Å². The number of hydrogen-bond donors (Lipinski definition) is 2. The van der Waals surface area contributed by atoms with Crippen molar-refractivity contribution in [3.8, 4) is 5.75 Å². The fourth-order valence-corrected chi connectivity index (χ4v) is 2.79. The summed E-state index contributed by atoms with van der Waals surface area (Å²) in [5.74, 6) is -1.24. The number of ether oxygens (including phenoxy) is 1. The van der Waals surface area contributed by atoms with Crippen LogP contribution in [0.3, 0.4) is 0 Å². The van der Waals surface area contributed by atoms with Crippen molar-refractivity contribution in [3.05, 3.63) is 63.3 Å². The van der Waals surface area contributed by atoms with E-state index in [0.29, 0.717) is 27.3 Å². The second kappa shape index (κ2) is 8.24. The highest BCUT2D eigenvalue weighted by molar-refractivity contribution is 9.10. The first-order chi connectivity index (χ1) is 12.9. The Balaban J connectivity index is 1.73. The summed E-state index contributed by atoms with van der Waals surface area (Å²) in [6, 6.07) is 11.6. The first-order valence-corrected chi connectivity index (χ1v) is 8.76. The number of carboxylic acids is 1. The van der Waals surface area contributed by atoms with Gasteiger partial charge in [-0.25, -0.2) is 10.2 Å². The summed E-state index contributed by atoms with van der Waals surface area (Å²) >= 11 is 9.23. The molecule has 0 aliphatic heterocycles. The smallest absolute Gasteiger partial charge is 0.341 e. The molecule has 138 valence electrons. The number of carbonyl (C=O) groups excluding carboxylic acids is 1. The van der Waals surface area contributed by atoms with Crippen LogP contribution in [0, 0.1) is 0 Å². The normalized spacial score (nSPS) is 11.0.